The first kappa shape index (κ1) is 90.3. The summed E-state index contributed by atoms with van der Waals surface area (Å²) >= 11 is 0. The number of ketones is 1. The first-order chi connectivity index (χ1) is 55.4. The zero-order chi connectivity index (χ0) is 83.4. The molecule has 2 saturated heterocycles. The maximum absolute atomic E-state index is 16.3. The summed E-state index contributed by atoms with van der Waals surface area (Å²) in [5, 5.41) is 37.0. The van der Waals surface area contributed by atoms with Gasteiger partial charge in [0.25, 0.3) is 0 Å². The SMILES string of the molecule is COc1ccc(C[C@@H]2NC(=O)[C@H]([C@@H](C)O)NC(=O)[C@@H]3[C@@H]4CCN3C(=O)[C@@H]3Cc5cn(c6ccc(F)cc56)CCCCCCN(Cc5ccc(cc5)CCNC(=O)[C@]5(C)CCCN5C2=O)C(=O)CCC(=O)N[C@@H](C)C(=O)N[C@H](CCC(=O)CNC(=O)CCCCC[N+](C)(C)C)C(=O)N[C@@H](Cc2cccc(c2)CNC(=O)CO4)C(=O)N3)cc1.[CH3-]. The molecule has 0 spiro atoms. The average molecular weight is 1620 g/mol. The molecule has 4 aromatic carbocycles. The van der Waals surface area contributed by atoms with Gasteiger partial charge in [-0.25, -0.2) is 4.39 Å². The van der Waals surface area contributed by atoms with E-state index < -0.39 is 157 Å². The van der Waals surface area contributed by atoms with E-state index in [1.165, 1.54) is 38.0 Å². The molecule has 117 heavy (non-hydrogen) atoms. The number of rotatable bonds is 15. The fraction of sp³-hybridized carbons (Fsp3) is 0.535. The number of aromatic nitrogens is 1. The molecule has 12 amide bonds. The molecule has 11 rings (SSSR count). The number of nitrogens with zero attached hydrogens (tertiary/aromatic N) is 5. The van der Waals surface area contributed by atoms with Crippen molar-refractivity contribution in [2.24, 2.45) is 0 Å². The summed E-state index contributed by atoms with van der Waals surface area (Å²) in [4.78, 5) is 196. The monoisotopic (exact) mass is 1620 g/mol. The molecule has 1 aromatic heterocycles. The highest BCUT2D eigenvalue weighted by molar-refractivity contribution is 6.00. The zero-order valence-electron chi connectivity index (χ0n) is 68.6. The fourth-order valence-electron chi connectivity index (χ4n) is 15.8. The van der Waals surface area contributed by atoms with Crippen molar-refractivity contribution >= 4 is 87.6 Å². The fourth-order valence-corrected chi connectivity index (χ4v) is 15.8. The number of aliphatic hydroxyl groups excluding tert-OH is 1. The number of aryl methyl sites for hydroxylation is 1. The number of hydrogen-bond donors (Lipinski definition) is 10. The lowest BCUT2D eigenvalue weighted by molar-refractivity contribution is -0.870. The molecular weight excluding hydrogens is 1500 g/mol. The van der Waals surface area contributed by atoms with Gasteiger partial charge in [-0.05, 0) is 149 Å². The molecule has 2 fully saturated rings. The molecular formula is C86H117FN14O16. The first-order valence-electron chi connectivity index (χ1n) is 40.6. The van der Waals surface area contributed by atoms with Crippen LogP contribution < -0.4 is 52.6 Å². The Morgan fingerprint density at radius 1 is 0.684 bits per heavy atom. The Morgan fingerprint density at radius 2 is 1.40 bits per heavy atom. The third-order valence-corrected chi connectivity index (χ3v) is 22.4. The summed E-state index contributed by atoms with van der Waals surface area (Å²) in [6, 6.07) is 13.8. The second-order valence-corrected chi connectivity index (χ2v) is 32.5. The van der Waals surface area contributed by atoms with E-state index in [1.807, 2.05) is 28.8 Å². The normalized spacial score (nSPS) is 24.2. The Balaban J connectivity index is 0.0000156. The molecule has 5 aromatic rings. The van der Waals surface area contributed by atoms with E-state index in [0.29, 0.717) is 96.9 Å². The number of benzene rings is 4. The van der Waals surface area contributed by atoms with E-state index in [-0.39, 0.29) is 103 Å². The van der Waals surface area contributed by atoms with Gasteiger partial charge in [-0.2, -0.15) is 0 Å². The van der Waals surface area contributed by atoms with Crippen LogP contribution in [0.1, 0.15) is 150 Å². The van der Waals surface area contributed by atoms with Crippen molar-refractivity contribution in [2.75, 3.05) is 74.1 Å². The van der Waals surface area contributed by atoms with Crippen LogP contribution in [0.15, 0.2) is 97.2 Å². The minimum atomic E-state index is -1.87. The number of fused-ring (bicyclic) bond motifs is 16. The van der Waals surface area contributed by atoms with Crippen LogP contribution in [0.4, 0.5) is 4.39 Å². The molecule has 31 heteroatoms. The Kier molecular flexibility index (Phi) is 32.4. The van der Waals surface area contributed by atoms with Gasteiger partial charge in [0.2, 0.25) is 70.9 Å². The van der Waals surface area contributed by atoms with E-state index in [2.05, 4.69) is 69.0 Å². The molecule has 10 atom stereocenters. The van der Waals surface area contributed by atoms with Crippen molar-refractivity contribution in [3.63, 3.8) is 0 Å². The number of carbonyl (C=O) groups excluding carboxylic acids is 13. The molecule has 0 radical (unpaired) electrons. The standard InChI is InChI=1S/C85H113FN14O16.CH3/c1-53-77(107)91-65(30-27-62(102)49-89-71(103)19-11-10-14-42-100(4,5)6)78(108)92-66-45-58-17-15-18-59(43-58)48-88-73(105)52-116-70-35-41-98-76(70)81(111)95-75(54(2)101)80(110)94-67(44-56-24-28-63(115-7)29-25-56)83(113)99-40-16-36-85(99,3)84(114)87-37-34-55-20-22-57(23-21-55)50-97(74(106)33-32-72(104)90-53)39-13-9-8-12-38-96-51-60(46-68(82(98)112)93-79(66)109)64-47-61(86)26-31-69(64)96;/h15,17-18,20-26,28-29,31,43,47,51,53-54,65-68,70,75-76,101H,8-14,16,19,27,30,32-42,44-46,48-50,52H2,1-7H3,(H8-,87,88,89,90,91,92,93,94,95,103,104,105,107,108,109,110,111,114);1H3/q;-1/p+1/t53-,54+,65+,66-,67-,68-,70-,75-,76-,85-;/m0./s1. The number of nitrogens with one attached hydrogen (secondary N) is 9. The van der Waals surface area contributed by atoms with E-state index in [0.717, 1.165) is 39.9 Å². The predicted molar refractivity (Wildman–Crippen MR) is 434 cm³/mol. The van der Waals surface area contributed by atoms with Gasteiger partial charge in [-0.15, -0.1) is 0 Å². The second kappa shape index (κ2) is 42.0. The molecule has 7 heterocycles. The van der Waals surface area contributed by atoms with Gasteiger partial charge in [0.05, 0.1) is 53.6 Å². The number of carbonyl (C=O) groups is 13. The Morgan fingerprint density at radius 3 is 2.14 bits per heavy atom. The minimum absolute atomic E-state index is 0. The maximum atomic E-state index is 16.3. The van der Waals surface area contributed by atoms with Gasteiger partial charge in [0.1, 0.15) is 66.0 Å². The van der Waals surface area contributed by atoms with Crippen LogP contribution in [0.2, 0.25) is 0 Å². The van der Waals surface area contributed by atoms with E-state index in [4.69, 9.17) is 9.47 Å². The lowest BCUT2D eigenvalue weighted by atomic mass is 9.95. The number of amides is 12. The Labute approximate surface area is 683 Å². The zero-order valence-corrected chi connectivity index (χ0v) is 68.6. The van der Waals surface area contributed by atoms with Crippen LogP contribution in [0.3, 0.4) is 0 Å². The van der Waals surface area contributed by atoms with Crippen molar-refractivity contribution in [2.45, 2.75) is 222 Å². The lowest BCUT2D eigenvalue weighted by Crippen LogP contribution is -2.64. The Hall–Kier alpha value is -10.7. The summed E-state index contributed by atoms with van der Waals surface area (Å²) in [7, 11) is 7.72. The summed E-state index contributed by atoms with van der Waals surface area (Å²) in [5.41, 5.74) is 2.66. The summed E-state index contributed by atoms with van der Waals surface area (Å²) in [5.74, 6) is -9.61. The molecule has 12 bridgehead atoms. The number of hydrogen-bond acceptors (Lipinski definition) is 16. The van der Waals surface area contributed by atoms with Gasteiger partial charge in [0, 0.05) is 108 Å². The van der Waals surface area contributed by atoms with Crippen molar-refractivity contribution in [3.8, 4) is 5.75 Å². The van der Waals surface area contributed by atoms with Crippen LogP contribution >= 0.6 is 0 Å². The van der Waals surface area contributed by atoms with Crippen LogP contribution in [0.25, 0.3) is 10.9 Å². The number of unbranched alkanes of at least 4 members (excludes halogenated alkanes) is 2. The van der Waals surface area contributed by atoms with E-state index in [1.54, 1.807) is 72.6 Å². The Bertz CT molecular complexity index is 4380. The van der Waals surface area contributed by atoms with Gasteiger partial charge in [0.15, 0.2) is 5.78 Å². The van der Waals surface area contributed by atoms with Crippen molar-refractivity contribution in [1.29, 1.82) is 0 Å². The molecule has 0 aliphatic carbocycles. The van der Waals surface area contributed by atoms with Crippen molar-refractivity contribution < 1.29 is 85.8 Å². The topological polar surface area (TPSA) is 384 Å². The van der Waals surface area contributed by atoms with Crippen LogP contribution in [-0.2, 0) is 112 Å². The minimum Gasteiger partial charge on any atom is -0.497 e. The molecule has 0 unspecified atom stereocenters. The van der Waals surface area contributed by atoms with Gasteiger partial charge in [-0.1, -0.05) is 73.5 Å². The predicted octanol–water partition coefficient (Wildman–Crippen LogP) is 3.36. The lowest BCUT2D eigenvalue weighted by Gasteiger charge is -2.37. The van der Waals surface area contributed by atoms with E-state index >= 15 is 33.2 Å². The number of methoxy groups -OCH3 is 1. The molecule has 6 aliphatic rings. The molecule has 30 nitrogen and oxygen atoms in total. The number of Topliss-reactive ketones (excluding diaryl/α,β-unsaturated/α-hetero) is 1. The third kappa shape index (κ3) is 25.2. The number of ether oxygens (including phenoxy) is 2. The number of quaternary nitrogens is 1. The molecule has 6 aliphatic heterocycles. The molecule has 634 valence electrons. The highest BCUT2D eigenvalue weighted by Crippen LogP contribution is 2.33. The van der Waals surface area contributed by atoms with Crippen LogP contribution in [0, 0.1) is 13.2 Å². The maximum Gasteiger partial charge on any atom is 0.246 e. The molecule has 10 N–H and O–H groups in total. The first-order valence-corrected chi connectivity index (χ1v) is 40.6. The van der Waals surface area contributed by atoms with Crippen LogP contribution in [-0.4, -0.2) is 240 Å². The van der Waals surface area contributed by atoms with Crippen LogP contribution in [0.5, 0.6) is 5.75 Å². The van der Waals surface area contributed by atoms with Gasteiger partial charge < -0.3 is 93.6 Å². The van der Waals surface area contributed by atoms with Gasteiger partial charge in [-0.3, -0.25) is 62.3 Å². The quantitative estimate of drug-likeness (QED) is 0.0408. The average Bonchev–Trinajstić information content (AvgIpc) is 1.67. The largest absolute Gasteiger partial charge is 0.497 e. The summed E-state index contributed by atoms with van der Waals surface area (Å²) in [6.07, 6.45) is 2.32. The summed E-state index contributed by atoms with van der Waals surface area (Å²) < 4.78 is 30.2. The highest BCUT2D eigenvalue weighted by Gasteiger charge is 2.50. The third-order valence-electron chi connectivity index (χ3n) is 22.4. The van der Waals surface area contributed by atoms with Crippen molar-refractivity contribution in [1.82, 2.24) is 67.1 Å². The second-order valence-electron chi connectivity index (χ2n) is 32.5. The number of aliphatic hydroxyl groups is 1. The highest BCUT2D eigenvalue weighted by atomic mass is 19.1. The molecule has 0 saturated carbocycles. The number of halogens is 1. The van der Waals surface area contributed by atoms with Crippen molar-refractivity contribution in [3.05, 3.63) is 144 Å². The smallest absolute Gasteiger partial charge is 0.246 e. The summed E-state index contributed by atoms with van der Waals surface area (Å²) in [6.45, 7) is 4.87. The van der Waals surface area contributed by atoms with Gasteiger partial charge >= 0.3 is 0 Å². The van der Waals surface area contributed by atoms with E-state index in [9.17, 15) is 38.7 Å².